The fourth-order valence-corrected chi connectivity index (χ4v) is 3.05. The molecule has 1 saturated heterocycles. The van der Waals surface area contributed by atoms with Crippen molar-refractivity contribution in [1.82, 2.24) is 5.32 Å². The molecule has 2 rings (SSSR count). The van der Waals surface area contributed by atoms with Gasteiger partial charge in [-0.15, -0.1) is 0 Å². The van der Waals surface area contributed by atoms with Gasteiger partial charge in [-0.1, -0.05) is 34.1 Å². The Balaban J connectivity index is 2.16. The van der Waals surface area contributed by atoms with E-state index in [1.165, 1.54) is 14.0 Å². The number of methoxy groups -OCH3 is 1. The van der Waals surface area contributed by atoms with Crippen molar-refractivity contribution in [3.8, 4) is 0 Å². The highest BCUT2D eigenvalue weighted by atomic mass is 79.9. The van der Waals surface area contributed by atoms with Crippen molar-refractivity contribution in [3.05, 3.63) is 35.9 Å². The van der Waals surface area contributed by atoms with E-state index in [0.29, 0.717) is 17.3 Å². The van der Waals surface area contributed by atoms with Crippen molar-refractivity contribution >= 4 is 27.8 Å². The molecule has 6 nitrogen and oxygen atoms in total. The summed E-state index contributed by atoms with van der Waals surface area (Å²) in [5.74, 6) is -0.641. The molecule has 1 aliphatic rings. The molecule has 4 atom stereocenters. The fourth-order valence-electron chi connectivity index (χ4n) is 2.53. The van der Waals surface area contributed by atoms with Crippen LogP contribution in [0.15, 0.2) is 30.3 Å². The molecule has 1 aromatic rings. The van der Waals surface area contributed by atoms with Gasteiger partial charge < -0.3 is 19.5 Å². The Morgan fingerprint density at radius 1 is 1.35 bits per heavy atom. The van der Waals surface area contributed by atoms with E-state index < -0.39 is 24.5 Å². The maximum absolute atomic E-state index is 12.3. The Morgan fingerprint density at radius 3 is 2.61 bits per heavy atom. The second-order valence-electron chi connectivity index (χ2n) is 5.27. The van der Waals surface area contributed by atoms with Crippen molar-refractivity contribution < 1.29 is 23.8 Å². The van der Waals surface area contributed by atoms with E-state index in [1.54, 1.807) is 24.3 Å². The third-order valence-electron chi connectivity index (χ3n) is 3.59. The predicted octanol–water partition coefficient (Wildman–Crippen LogP) is 1.87. The van der Waals surface area contributed by atoms with Crippen molar-refractivity contribution in [2.75, 3.05) is 12.4 Å². The van der Waals surface area contributed by atoms with Gasteiger partial charge in [0.05, 0.1) is 11.6 Å². The Labute approximate surface area is 143 Å². The molecule has 0 radical (unpaired) electrons. The number of halogens is 1. The van der Waals surface area contributed by atoms with E-state index in [1.807, 2.05) is 6.07 Å². The Morgan fingerprint density at radius 2 is 2.04 bits per heavy atom. The average Bonchev–Trinajstić information content (AvgIpc) is 2.56. The molecule has 1 amide bonds. The molecule has 23 heavy (non-hydrogen) atoms. The van der Waals surface area contributed by atoms with E-state index >= 15 is 0 Å². The van der Waals surface area contributed by atoms with Crippen molar-refractivity contribution in [2.24, 2.45) is 0 Å². The van der Waals surface area contributed by atoms with Crippen LogP contribution >= 0.6 is 15.9 Å². The third kappa shape index (κ3) is 4.76. The first-order valence-corrected chi connectivity index (χ1v) is 8.44. The van der Waals surface area contributed by atoms with Gasteiger partial charge in [-0.2, -0.15) is 0 Å². The van der Waals surface area contributed by atoms with Crippen LogP contribution in [-0.4, -0.2) is 48.9 Å². The van der Waals surface area contributed by atoms with Gasteiger partial charge in [-0.3, -0.25) is 4.79 Å². The topological polar surface area (TPSA) is 73.9 Å². The molecule has 1 aromatic carbocycles. The van der Waals surface area contributed by atoms with E-state index in [4.69, 9.17) is 14.2 Å². The van der Waals surface area contributed by atoms with Gasteiger partial charge in [-0.25, -0.2) is 4.79 Å². The highest BCUT2D eigenvalue weighted by Gasteiger charge is 2.41. The number of carbonyl (C=O) groups is 2. The molecule has 0 aliphatic carbocycles. The van der Waals surface area contributed by atoms with Gasteiger partial charge in [0, 0.05) is 25.8 Å². The van der Waals surface area contributed by atoms with Gasteiger partial charge >= 0.3 is 5.97 Å². The summed E-state index contributed by atoms with van der Waals surface area (Å²) in [6.45, 7) is 1.43. The van der Waals surface area contributed by atoms with Crippen LogP contribution in [0.25, 0.3) is 0 Å². The van der Waals surface area contributed by atoms with Crippen LogP contribution in [0.5, 0.6) is 0 Å². The second-order valence-corrected chi connectivity index (χ2v) is 5.92. The molecule has 1 fully saturated rings. The van der Waals surface area contributed by atoms with Crippen LogP contribution in [0, 0.1) is 0 Å². The van der Waals surface area contributed by atoms with Gasteiger partial charge in [-0.05, 0) is 12.1 Å². The number of rotatable bonds is 5. The monoisotopic (exact) mass is 385 g/mol. The minimum absolute atomic E-state index is 0.194. The first kappa shape index (κ1) is 17.9. The quantitative estimate of drug-likeness (QED) is 0.618. The number of esters is 1. The first-order chi connectivity index (χ1) is 11.0. The van der Waals surface area contributed by atoms with Crippen LogP contribution in [0.1, 0.15) is 23.7 Å². The zero-order valence-corrected chi connectivity index (χ0v) is 14.6. The predicted molar refractivity (Wildman–Crippen MR) is 87.3 cm³/mol. The van der Waals surface area contributed by atoms with Crippen LogP contribution < -0.4 is 5.32 Å². The summed E-state index contributed by atoms with van der Waals surface area (Å²) in [7, 11) is 1.54. The summed E-state index contributed by atoms with van der Waals surface area (Å²) in [5, 5.41) is 3.27. The zero-order chi connectivity index (χ0) is 16.8. The summed E-state index contributed by atoms with van der Waals surface area (Å²) in [4.78, 5) is 23.8. The normalized spacial score (nSPS) is 27.3. The molecule has 126 valence electrons. The molecule has 0 aromatic heterocycles. The zero-order valence-electron chi connectivity index (χ0n) is 13.0. The fraction of sp³-hybridized carbons (Fsp3) is 0.500. The largest absolute Gasteiger partial charge is 0.454 e. The first-order valence-electron chi connectivity index (χ1n) is 7.32. The van der Waals surface area contributed by atoms with Crippen LogP contribution in [0.2, 0.25) is 0 Å². The lowest BCUT2D eigenvalue weighted by atomic mass is 9.99. The lowest BCUT2D eigenvalue weighted by Crippen LogP contribution is -2.57. The SMILES string of the molecule is CO[C@@H]1CC(NC(C)=O)[C@H](OC(=O)c2ccccc2)C(CBr)O1. The van der Waals surface area contributed by atoms with Crippen LogP contribution in [0.4, 0.5) is 0 Å². The van der Waals surface area contributed by atoms with Crippen molar-refractivity contribution in [2.45, 2.75) is 37.9 Å². The van der Waals surface area contributed by atoms with Crippen molar-refractivity contribution in [3.63, 3.8) is 0 Å². The molecule has 1 heterocycles. The van der Waals surface area contributed by atoms with E-state index in [9.17, 15) is 9.59 Å². The molecule has 0 saturated carbocycles. The number of benzene rings is 1. The summed E-state index contributed by atoms with van der Waals surface area (Å²) >= 11 is 3.36. The van der Waals surface area contributed by atoms with Crippen LogP contribution in [0.3, 0.4) is 0 Å². The summed E-state index contributed by atoms with van der Waals surface area (Å²) in [6.07, 6.45) is -1.07. The molecule has 7 heteroatoms. The number of nitrogens with one attached hydrogen (secondary N) is 1. The van der Waals surface area contributed by atoms with Gasteiger partial charge in [0.15, 0.2) is 6.29 Å². The molecule has 1 N–H and O–H groups in total. The number of carbonyl (C=O) groups excluding carboxylic acids is 2. The standard InChI is InChI=1S/C16H20BrNO5/c1-10(19)18-12-8-14(21-2)22-13(9-17)15(12)23-16(20)11-6-4-3-5-7-11/h3-7,12-15H,8-9H2,1-2H3,(H,18,19)/t12?,13?,14-,15-/m0/s1. The highest BCUT2D eigenvalue weighted by molar-refractivity contribution is 9.09. The van der Waals surface area contributed by atoms with E-state index in [0.717, 1.165) is 0 Å². The molecular formula is C16H20BrNO5. The van der Waals surface area contributed by atoms with Crippen LogP contribution in [-0.2, 0) is 19.0 Å². The minimum Gasteiger partial charge on any atom is -0.454 e. The maximum atomic E-state index is 12.3. The number of ether oxygens (including phenoxy) is 3. The van der Waals surface area contributed by atoms with Gasteiger partial charge in [0.25, 0.3) is 0 Å². The minimum atomic E-state index is -0.600. The Kier molecular flexibility index (Phi) is 6.56. The summed E-state index contributed by atoms with van der Waals surface area (Å²) in [6, 6.07) is 8.35. The molecule has 0 spiro atoms. The molecule has 0 bridgehead atoms. The lowest BCUT2D eigenvalue weighted by Gasteiger charge is -2.40. The number of alkyl halides is 1. The maximum Gasteiger partial charge on any atom is 0.338 e. The van der Waals surface area contributed by atoms with Gasteiger partial charge in [0.2, 0.25) is 5.91 Å². The van der Waals surface area contributed by atoms with Crippen molar-refractivity contribution in [1.29, 1.82) is 0 Å². The smallest absolute Gasteiger partial charge is 0.338 e. The average molecular weight is 386 g/mol. The lowest BCUT2D eigenvalue weighted by molar-refractivity contribution is -0.213. The number of amides is 1. The van der Waals surface area contributed by atoms with E-state index in [-0.39, 0.29) is 11.9 Å². The summed E-state index contributed by atoms with van der Waals surface area (Å²) < 4.78 is 16.6. The summed E-state index contributed by atoms with van der Waals surface area (Å²) in [5.41, 5.74) is 0.455. The number of hydrogen-bond donors (Lipinski definition) is 1. The molecular weight excluding hydrogens is 366 g/mol. The number of hydrogen-bond acceptors (Lipinski definition) is 5. The van der Waals surface area contributed by atoms with E-state index in [2.05, 4.69) is 21.2 Å². The Hall–Kier alpha value is -1.44. The Bertz CT molecular complexity index is 539. The second kappa shape index (κ2) is 8.42. The van der Waals surface area contributed by atoms with Gasteiger partial charge in [0.1, 0.15) is 12.2 Å². The molecule has 1 aliphatic heterocycles. The third-order valence-corrected chi connectivity index (χ3v) is 4.23. The highest BCUT2D eigenvalue weighted by Crippen LogP contribution is 2.25. The molecule has 2 unspecified atom stereocenters.